The van der Waals surface area contributed by atoms with Gasteiger partial charge in [0.05, 0.1) is 7.11 Å². The van der Waals surface area contributed by atoms with Crippen LogP contribution in [0.4, 0.5) is 11.4 Å². The van der Waals surface area contributed by atoms with Crippen LogP contribution in [0.2, 0.25) is 0 Å². The van der Waals surface area contributed by atoms with Gasteiger partial charge in [0.25, 0.3) is 0 Å². The van der Waals surface area contributed by atoms with Gasteiger partial charge in [-0.15, -0.1) is 0 Å². The van der Waals surface area contributed by atoms with E-state index in [0.29, 0.717) is 6.42 Å². The van der Waals surface area contributed by atoms with E-state index in [4.69, 9.17) is 0 Å². The van der Waals surface area contributed by atoms with Crippen LogP contribution in [0.1, 0.15) is 31.2 Å². The third kappa shape index (κ3) is 3.89. The molecule has 0 saturated heterocycles. The molecular weight excluding hydrogens is 252 g/mol. The maximum Gasteiger partial charge on any atom is 0.305 e. The van der Waals surface area contributed by atoms with E-state index in [9.17, 15) is 4.79 Å². The Bertz CT molecular complexity index is 460. The minimum atomic E-state index is -0.110. The van der Waals surface area contributed by atoms with Crippen molar-refractivity contribution >= 4 is 17.3 Å². The Kier molecular flexibility index (Phi) is 5.27. The van der Waals surface area contributed by atoms with Crippen molar-refractivity contribution in [2.24, 2.45) is 0 Å². The fourth-order valence-corrected chi connectivity index (χ4v) is 2.58. The number of rotatable bonds is 7. The van der Waals surface area contributed by atoms with E-state index >= 15 is 0 Å². The molecule has 1 aliphatic heterocycles. The van der Waals surface area contributed by atoms with Crippen molar-refractivity contribution in [3.05, 3.63) is 23.8 Å². The average molecular weight is 276 g/mol. The summed E-state index contributed by atoms with van der Waals surface area (Å²) in [6.45, 7) is 2.07. The minimum Gasteiger partial charge on any atom is -0.469 e. The van der Waals surface area contributed by atoms with Crippen molar-refractivity contribution in [1.29, 1.82) is 0 Å². The Labute approximate surface area is 121 Å². The molecule has 4 heteroatoms. The van der Waals surface area contributed by atoms with Crippen molar-refractivity contribution in [3.63, 3.8) is 0 Å². The minimum absolute atomic E-state index is 0.110. The highest BCUT2D eigenvalue weighted by Crippen LogP contribution is 2.29. The first-order valence-electron chi connectivity index (χ1n) is 7.35. The highest BCUT2D eigenvalue weighted by atomic mass is 16.5. The molecule has 1 N–H and O–H groups in total. The summed E-state index contributed by atoms with van der Waals surface area (Å²) in [5.41, 5.74) is 3.99. The van der Waals surface area contributed by atoms with E-state index in [1.54, 1.807) is 0 Å². The molecule has 1 aromatic carbocycles. The number of benzene rings is 1. The van der Waals surface area contributed by atoms with Gasteiger partial charge < -0.3 is 15.0 Å². The van der Waals surface area contributed by atoms with Gasteiger partial charge in [0.1, 0.15) is 0 Å². The molecule has 1 heterocycles. The predicted molar refractivity (Wildman–Crippen MR) is 82.4 cm³/mol. The Balaban J connectivity index is 1.66. The number of nitrogens with zero attached hydrogens (tertiary/aromatic N) is 1. The first-order valence-corrected chi connectivity index (χ1v) is 7.35. The molecule has 110 valence electrons. The fourth-order valence-electron chi connectivity index (χ4n) is 2.58. The van der Waals surface area contributed by atoms with Crippen molar-refractivity contribution < 1.29 is 9.53 Å². The van der Waals surface area contributed by atoms with Crippen molar-refractivity contribution in [1.82, 2.24) is 0 Å². The monoisotopic (exact) mass is 276 g/mol. The first kappa shape index (κ1) is 14.7. The van der Waals surface area contributed by atoms with Crippen LogP contribution in [0.3, 0.4) is 0 Å². The maximum absolute atomic E-state index is 11.0. The molecule has 0 atom stereocenters. The number of unbranched alkanes of at least 4 members (excludes halogenated alkanes) is 2. The van der Waals surface area contributed by atoms with E-state index in [0.717, 1.165) is 38.8 Å². The number of esters is 1. The van der Waals surface area contributed by atoms with Crippen molar-refractivity contribution in [3.8, 4) is 0 Å². The van der Waals surface area contributed by atoms with Crippen LogP contribution in [0.5, 0.6) is 0 Å². The molecule has 0 aliphatic carbocycles. The summed E-state index contributed by atoms with van der Waals surface area (Å²) in [6.07, 6.45) is 4.70. The van der Waals surface area contributed by atoms with Gasteiger partial charge in [-0.1, -0.05) is 6.42 Å². The topological polar surface area (TPSA) is 41.6 Å². The first-order chi connectivity index (χ1) is 9.70. The molecule has 0 fully saturated rings. The molecule has 0 spiro atoms. The molecule has 0 radical (unpaired) electrons. The van der Waals surface area contributed by atoms with Gasteiger partial charge in [-0.25, -0.2) is 0 Å². The van der Waals surface area contributed by atoms with E-state index in [-0.39, 0.29) is 5.97 Å². The Morgan fingerprint density at radius 1 is 1.35 bits per heavy atom. The number of anilines is 2. The lowest BCUT2D eigenvalue weighted by Gasteiger charge is -2.13. The third-order valence-electron chi connectivity index (χ3n) is 3.82. The van der Waals surface area contributed by atoms with E-state index in [2.05, 4.69) is 40.2 Å². The van der Waals surface area contributed by atoms with Gasteiger partial charge in [0, 0.05) is 37.9 Å². The predicted octanol–water partition coefficient (Wildman–Crippen LogP) is 2.82. The Hall–Kier alpha value is -1.71. The molecule has 4 nitrogen and oxygen atoms in total. The Morgan fingerprint density at radius 2 is 2.20 bits per heavy atom. The molecule has 2 rings (SSSR count). The molecule has 0 amide bonds. The van der Waals surface area contributed by atoms with E-state index in [1.807, 2.05) is 0 Å². The van der Waals surface area contributed by atoms with Crippen molar-refractivity contribution in [2.75, 3.05) is 37.5 Å². The van der Waals surface area contributed by atoms with Crippen LogP contribution in [0.25, 0.3) is 0 Å². The second-order valence-corrected chi connectivity index (χ2v) is 5.33. The molecule has 0 aromatic heterocycles. The van der Waals surface area contributed by atoms with Crippen LogP contribution in [-0.2, 0) is 16.0 Å². The standard InChI is InChI=1S/C16H24N2O2/c1-18-11-9-13-12-14(7-8-15(13)18)17-10-5-3-4-6-16(19)20-2/h7-8,12,17H,3-6,9-11H2,1-2H3. The third-order valence-corrected chi connectivity index (χ3v) is 3.82. The zero-order valence-corrected chi connectivity index (χ0v) is 12.4. The van der Waals surface area contributed by atoms with Crippen LogP contribution in [-0.4, -0.2) is 33.2 Å². The SMILES string of the molecule is COC(=O)CCCCCNc1ccc2c(c1)CCN2C. The number of methoxy groups -OCH3 is 1. The van der Waals surface area contributed by atoms with Gasteiger partial charge in [-0.3, -0.25) is 4.79 Å². The van der Waals surface area contributed by atoms with Gasteiger partial charge in [0.15, 0.2) is 0 Å². The summed E-state index contributed by atoms with van der Waals surface area (Å²) in [5.74, 6) is -0.110. The smallest absolute Gasteiger partial charge is 0.305 e. The summed E-state index contributed by atoms with van der Waals surface area (Å²) in [5, 5.41) is 3.46. The molecule has 1 aliphatic rings. The number of ether oxygens (including phenoxy) is 1. The average Bonchev–Trinajstić information content (AvgIpc) is 2.83. The van der Waals surface area contributed by atoms with Gasteiger partial charge >= 0.3 is 5.97 Å². The lowest BCUT2D eigenvalue weighted by molar-refractivity contribution is -0.140. The quantitative estimate of drug-likeness (QED) is 0.614. The number of likely N-dealkylation sites (N-methyl/N-ethyl adjacent to an activating group) is 1. The lowest BCUT2D eigenvalue weighted by Crippen LogP contribution is -2.12. The number of carbonyl (C=O) groups is 1. The summed E-state index contributed by atoms with van der Waals surface area (Å²) in [4.78, 5) is 13.3. The Morgan fingerprint density at radius 3 is 3.00 bits per heavy atom. The summed E-state index contributed by atoms with van der Waals surface area (Å²) < 4.78 is 4.62. The fraction of sp³-hybridized carbons (Fsp3) is 0.562. The van der Waals surface area contributed by atoms with Crippen LogP contribution in [0.15, 0.2) is 18.2 Å². The number of carbonyl (C=O) groups excluding carboxylic acids is 1. The number of nitrogens with one attached hydrogen (secondary N) is 1. The maximum atomic E-state index is 11.0. The van der Waals surface area contributed by atoms with Crippen molar-refractivity contribution in [2.45, 2.75) is 32.1 Å². The van der Waals surface area contributed by atoms with E-state index in [1.165, 1.54) is 24.0 Å². The van der Waals surface area contributed by atoms with Crippen LogP contribution in [0, 0.1) is 0 Å². The highest BCUT2D eigenvalue weighted by molar-refractivity contribution is 5.69. The normalized spacial score (nSPS) is 13.2. The molecule has 0 saturated carbocycles. The van der Waals surface area contributed by atoms with Gasteiger partial charge in [-0.05, 0) is 43.0 Å². The largest absolute Gasteiger partial charge is 0.469 e. The highest BCUT2D eigenvalue weighted by Gasteiger charge is 2.15. The second kappa shape index (κ2) is 7.17. The van der Waals surface area contributed by atoms with Crippen LogP contribution < -0.4 is 10.2 Å². The summed E-state index contributed by atoms with van der Waals surface area (Å²) >= 11 is 0. The van der Waals surface area contributed by atoms with Gasteiger partial charge in [-0.2, -0.15) is 0 Å². The number of fused-ring (bicyclic) bond motifs is 1. The van der Waals surface area contributed by atoms with Gasteiger partial charge in [0.2, 0.25) is 0 Å². The zero-order valence-electron chi connectivity index (χ0n) is 12.4. The van der Waals surface area contributed by atoms with E-state index < -0.39 is 0 Å². The molecule has 0 bridgehead atoms. The molecule has 0 unspecified atom stereocenters. The lowest BCUT2D eigenvalue weighted by atomic mass is 10.1. The molecular formula is C16H24N2O2. The molecule has 20 heavy (non-hydrogen) atoms. The second-order valence-electron chi connectivity index (χ2n) is 5.33. The zero-order chi connectivity index (χ0) is 14.4. The summed E-state index contributed by atoms with van der Waals surface area (Å²) in [6, 6.07) is 6.60. The molecule has 1 aromatic rings. The summed E-state index contributed by atoms with van der Waals surface area (Å²) in [7, 11) is 3.58. The number of hydrogen-bond donors (Lipinski definition) is 1. The van der Waals surface area contributed by atoms with Crippen LogP contribution >= 0.6 is 0 Å². The number of hydrogen-bond acceptors (Lipinski definition) is 4.